The molecule has 0 spiro atoms. The normalized spacial score (nSPS) is 27.5. The molecule has 1 fully saturated rings. The van der Waals surface area contributed by atoms with Crippen LogP contribution in [0, 0.1) is 11.6 Å². The largest absolute Gasteiger partial charge is 0.449 e. The third-order valence-corrected chi connectivity index (χ3v) is 4.62. The van der Waals surface area contributed by atoms with Crippen LogP contribution in [0.1, 0.15) is 12.5 Å². The third kappa shape index (κ3) is 2.24. The number of hydrogen-bond donors (Lipinski definition) is 0. The van der Waals surface area contributed by atoms with Crippen molar-refractivity contribution in [3.8, 4) is 0 Å². The van der Waals surface area contributed by atoms with E-state index >= 15 is 0 Å². The molecule has 2 aliphatic heterocycles. The average Bonchev–Trinajstić information content (AvgIpc) is 2.63. The first-order valence-corrected chi connectivity index (χ1v) is 7.59. The van der Waals surface area contributed by atoms with Crippen molar-refractivity contribution in [2.45, 2.75) is 12.5 Å². The molecule has 5 nitrogen and oxygen atoms in total. The fourth-order valence-electron chi connectivity index (χ4n) is 2.41. The summed E-state index contributed by atoms with van der Waals surface area (Å²) in [5.41, 5.74) is -0.981. The second-order valence-electron chi connectivity index (χ2n) is 5.07. The lowest BCUT2D eigenvalue weighted by molar-refractivity contribution is -0.146. The van der Waals surface area contributed by atoms with Crippen molar-refractivity contribution in [2.24, 2.45) is 0 Å². The molecular weight excluding hydrogens is 306 g/mol. The molecule has 0 aromatic heterocycles. The number of ether oxygens (including phenoxy) is 1. The third-order valence-electron chi connectivity index (χ3n) is 3.51. The van der Waals surface area contributed by atoms with Crippen LogP contribution in [-0.2, 0) is 23.8 Å². The van der Waals surface area contributed by atoms with Gasteiger partial charge in [0.2, 0.25) is 0 Å². The highest BCUT2D eigenvalue weighted by atomic mass is 32.2. The summed E-state index contributed by atoms with van der Waals surface area (Å²) in [4.78, 5) is 12.0. The molecule has 1 unspecified atom stereocenters. The van der Waals surface area contributed by atoms with E-state index < -0.39 is 39.1 Å². The number of fused-ring (bicyclic) bond motifs is 1. The predicted octanol–water partition coefficient (Wildman–Crippen LogP) is 1.39. The molecule has 1 aromatic rings. The molecule has 0 saturated carbocycles. The predicted molar refractivity (Wildman–Crippen MR) is 67.5 cm³/mol. The summed E-state index contributed by atoms with van der Waals surface area (Å²) in [5.74, 6) is -3.49. The van der Waals surface area contributed by atoms with E-state index in [9.17, 15) is 22.0 Å². The minimum atomic E-state index is -3.82. The van der Waals surface area contributed by atoms with Crippen LogP contribution in [0.2, 0.25) is 0 Å². The summed E-state index contributed by atoms with van der Waals surface area (Å²) in [6.07, 6.45) is 0. The Bertz CT molecular complexity index is 784. The maximum Gasteiger partial charge on any atom is 0.339 e. The molecule has 112 valence electrons. The molecule has 1 saturated heterocycles. The SMILES string of the molecule is CC12COS(=O)(=O)CC1=C(c1ccc(F)c(F)c1)C(=O)O2. The van der Waals surface area contributed by atoms with Gasteiger partial charge in [-0.25, -0.2) is 13.6 Å². The van der Waals surface area contributed by atoms with Crippen molar-refractivity contribution in [1.29, 1.82) is 0 Å². The van der Waals surface area contributed by atoms with Gasteiger partial charge in [0.25, 0.3) is 10.1 Å². The Morgan fingerprint density at radius 3 is 2.62 bits per heavy atom. The number of carbonyl (C=O) groups is 1. The zero-order chi connectivity index (χ0) is 15.4. The Balaban J connectivity index is 2.20. The van der Waals surface area contributed by atoms with Crippen molar-refractivity contribution in [3.63, 3.8) is 0 Å². The molecular formula is C13H10F2O5S. The first kappa shape index (κ1) is 14.2. The zero-order valence-electron chi connectivity index (χ0n) is 10.9. The van der Waals surface area contributed by atoms with Gasteiger partial charge in [-0.1, -0.05) is 6.07 Å². The molecule has 0 N–H and O–H groups in total. The molecule has 1 aromatic carbocycles. The highest BCUT2D eigenvalue weighted by Crippen LogP contribution is 2.41. The van der Waals surface area contributed by atoms with Crippen LogP contribution in [0.5, 0.6) is 0 Å². The van der Waals surface area contributed by atoms with E-state index in [4.69, 9.17) is 4.74 Å². The number of halogens is 2. The van der Waals surface area contributed by atoms with Gasteiger partial charge < -0.3 is 4.74 Å². The van der Waals surface area contributed by atoms with Crippen molar-refractivity contribution in [1.82, 2.24) is 0 Å². The molecule has 2 aliphatic rings. The lowest BCUT2D eigenvalue weighted by atomic mass is 9.92. The van der Waals surface area contributed by atoms with Crippen LogP contribution in [0.25, 0.3) is 5.57 Å². The standard InChI is InChI=1S/C13H10F2O5S/c1-13-6-19-21(17,18)5-8(13)11(12(16)20-13)7-2-3-9(14)10(15)4-7/h2-4H,5-6H2,1H3. The van der Waals surface area contributed by atoms with Crippen molar-refractivity contribution in [2.75, 3.05) is 12.4 Å². The zero-order valence-corrected chi connectivity index (χ0v) is 11.7. The number of hydrogen-bond acceptors (Lipinski definition) is 5. The van der Waals surface area contributed by atoms with E-state index in [2.05, 4.69) is 4.18 Å². The summed E-state index contributed by atoms with van der Waals surface area (Å²) < 4.78 is 59.3. The minimum absolute atomic E-state index is 0.0525. The Labute approximate surface area is 119 Å². The van der Waals surface area contributed by atoms with Gasteiger partial charge in [0, 0.05) is 5.57 Å². The molecule has 0 aliphatic carbocycles. The van der Waals surface area contributed by atoms with E-state index in [-0.39, 0.29) is 23.3 Å². The quantitative estimate of drug-likeness (QED) is 0.578. The van der Waals surface area contributed by atoms with Gasteiger partial charge in [-0.3, -0.25) is 4.18 Å². The summed E-state index contributed by atoms with van der Waals surface area (Å²) in [5, 5.41) is 0. The topological polar surface area (TPSA) is 69.7 Å². The van der Waals surface area contributed by atoms with Gasteiger partial charge in [-0.15, -0.1) is 0 Å². The number of rotatable bonds is 1. The molecule has 0 bridgehead atoms. The fourth-order valence-corrected chi connectivity index (χ4v) is 3.70. The maximum absolute atomic E-state index is 13.3. The molecule has 1 atom stereocenters. The van der Waals surface area contributed by atoms with Crippen molar-refractivity contribution in [3.05, 3.63) is 41.0 Å². The highest BCUT2D eigenvalue weighted by Gasteiger charge is 2.50. The molecule has 2 heterocycles. The van der Waals surface area contributed by atoms with Gasteiger partial charge in [0.1, 0.15) is 12.4 Å². The monoisotopic (exact) mass is 316 g/mol. The maximum atomic E-state index is 13.3. The number of carbonyl (C=O) groups excluding carboxylic acids is 1. The smallest absolute Gasteiger partial charge is 0.339 e. The van der Waals surface area contributed by atoms with Gasteiger partial charge in [0.15, 0.2) is 17.2 Å². The molecule has 21 heavy (non-hydrogen) atoms. The van der Waals surface area contributed by atoms with Gasteiger partial charge in [0.05, 0.1) is 5.57 Å². The van der Waals surface area contributed by atoms with Gasteiger partial charge in [-0.2, -0.15) is 8.42 Å². The van der Waals surface area contributed by atoms with Crippen LogP contribution in [0.3, 0.4) is 0 Å². The Kier molecular flexibility index (Phi) is 2.93. The number of esters is 1. The molecule has 3 rings (SSSR count). The van der Waals surface area contributed by atoms with Crippen LogP contribution in [0.4, 0.5) is 8.78 Å². The highest BCUT2D eigenvalue weighted by molar-refractivity contribution is 7.87. The van der Waals surface area contributed by atoms with Gasteiger partial charge >= 0.3 is 5.97 Å². The van der Waals surface area contributed by atoms with E-state index in [1.165, 1.54) is 13.0 Å². The van der Waals surface area contributed by atoms with Crippen molar-refractivity contribution >= 4 is 21.7 Å². The van der Waals surface area contributed by atoms with E-state index in [1.807, 2.05) is 0 Å². The van der Waals surface area contributed by atoms with Crippen molar-refractivity contribution < 1.29 is 30.9 Å². The second-order valence-corrected chi connectivity index (χ2v) is 6.71. The minimum Gasteiger partial charge on any atom is -0.449 e. The Morgan fingerprint density at radius 1 is 1.24 bits per heavy atom. The fraction of sp³-hybridized carbons (Fsp3) is 0.308. The lowest BCUT2D eigenvalue weighted by Crippen LogP contribution is -2.42. The Hall–Kier alpha value is -1.80. The summed E-state index contributed by atoms with van der Waals surface area (Å²) in [7, 11) is -3.82. The lowest BCUT2D eigenvalue weighted by Gasteiger charge is -2.30. The first-order chi connectivity index (χ1) is 9.72. The van der Waals surface area contributed by atoms with Crippen LogP contribution in [0.15, 0.2) is 23.8 Å². The molecule has 0 radical (unpaired) electrons. The van der Waals surface area contributed by atoms with Gasteiger partial charge in [-0.05, 0) is 24.6 Å². The van der Waals surface area contributed by atoms with Crippen LogP contribution < -0.4 is 0 Å². The first-order valence-electron chi connectivity index (χ1n) is 6.01. The number of benzene rings is 1. The summed E-state index contributed by atoms with van der Waals surface area (Å²) in [6, 6.07) is 2.91. The average molecular weight is 316 g/mol. The summed E-state index contributed by atoms with van der Waals surface area (Å²) >= 11 is 0. The Morgan fingerprint density at radius 2 is 1.95 bits per heavy atom. The molecule has 0 amide bonds. The van der Waals surface area contributed by atoms with E-state index in [1.54, 1.807) is 0 Å². The summed E-state index contributed by atoms with van der Waals surface area (Å²) in [6.45, 7) is 1.19. The second kappa shape index (κ2) is 4.35. The van der Waals surface area contributed by atoms with E-state index in [0.717, 1.165) is 12.1 Å². The van der Waals surface area contributed by atoms with E-state index in [0.29, 0.717) is 0 Å². The van der Waals surface area contributed by atoms with Crippen LogP contribution in [-0.4, -0.2) is 32.3 Å². The van der Waals surface area contributed by atoms with Crippen LogP contribution >= 0.6 is 0 Å². The molecule has 8 heteroatoms.